The molecule has 6 nitrogen and oxygen atoms in total. The first-order chi connectivity index (χ1) is 11.2. The van der Waals surface area contributed by atoms with Crippen LogP contribution in [0.5, 0.6) is 0 Å². The zero-order chi connectivity index (χ0) is 16.1. The van der Waals surface area contributed by atoms with Crippen molar-refractivity contribution in [2.45, 2.75) is 6.42 Å². The van der Waals surface area contributed by atoms with Crippen LogP contribution in [0.1, 0.15) is 5.56 Å². The molecule has 1 aromatic carbocycles. The van der Waals surface area contributed by atoms with Gasteiger partial charge in [0, 0.05) is 51.2 Å². The summed E-state index contributed by atoms with van der Waals surface area (Å²) in [6.45, 7) is 4.51. The van der Waals surface area contributed by atoms with Crippen molar-refractivity contribution in [2.75, 3.05) is 37.6 Å². The van der Waals surface area contributed by atoms with Gasteiger partial charge in [-0.2, -0.15) is 0 Å². The molecule has 0 spiro atoms. The van der Waals surface area contributed by atoms with Crippen molar-refractivity contribution < 1.29 is 4.92 Å². The van der Waals surface area contributed by atoms with Crippen LogP contribution in [-0.4, -0.2) is 47.5 Å². The van der Waals surface area contributed by atoms with Gasteiger partial charge in [-0.1, -0.05) is 12.1 Å². The largest absolute Gasteiger partial charge is 0.363 e. The topological polar surface area (TPSA) is 62.5 Å². The van der Waals surface area contributed by atoms with E-state index >= 15 is 0 Å². The van der Waals surface area contributed by atoms with Gasteiger partial charge in [0.15, 0.2) is 0 Å². The molecule has 0 N–H and O–H groups in total. The third-order valence-corrected chi connectivity index (χ3v) is 4.26. The van der Waals surface area contributed by atoms with Crippen molar-refractivity contribution in [2.24, 2.45) is 0 Å². The van der Waals surface area contributed by atoms with Gasteiger partial charge in [-0.15, -0.1) is 0 Å². The molecule has 1 aromatic heterocycles. The minimum absolute atomic E-state index is 0.192. The third kappa shape index (κ3) is 3.84. The number of rotatable bonds is 5. The molecule has 6 heteroatoms. The van der Waals surface area contributed by atoms with Gasteiger partial charge in [-0.05, 0) is 30.2 Å². The van der Waals surface area contributed by atoms with E-state index in [1.54, 1.807) is 12.1 Å². The maximum atomic E-state index is 11.2. The number of hydrogen-bond donors (Lipinski definition) is 0. The first kappa shape index (κ1) is 15.4. The highest BCUT2D eigenvalue weighted by atomic mass is 16.6. The summed E-state index contributed by atoms with van der Waals surface area (Å²) in [5, 5.41) is 11.2. The first-order valence-electron chi connectivity index (χ1n) is 7.83. The Morgan fingerprint density at radius 2 is 1.74 bits per heavy atom. The molecule has 3 rings (SSSR count). The van der Waals surface area contributed by atoms with Crippen LogP contribution in [0.25, 0.3) is 0 Å². The molecule has 0 saturated carbocycles. The fourth-order valence-electron chi connectivity index (χ4n) is 2.94. The fraction of sp³-hybridized carbons (Fsp3) is 0.353. The van der Waals surface area contributed by atoms with Gasteiger partial charge >= 0.3 is 0 Å². The molecule has 0 amide bonds. The minimum atomic E-state index is -0.300. The number of hydrogen-bond acceptors (Lipinski definition) is 5. The van der Waals surface area contributed by atoms with Crippen LogP contribution in [0.4, 0.5) is 11.4 Å². The minimum Gasteiger partial charge on any atom is -0.363 e. The van der Waals surface area contributed by atoms with Gasteiger partial charge in [0.1, 0.15) is 5.69 Å². The second-order valence-corrected chi connectivity index (χ2v) is 5.68. The Labute approximate surface area is 135 Å². The Bertz CT molecular complexity index is 655. The molecule has 2 heterocycles. The number of nitro groups is 1. The van der Waals surface area contributed by atoms with Crippen molar-refractivity contribution >= 4 is 11.4 Å². The summed E-state index contributed by atoms with van der Waals surface area (Å²) in [6.07, 6.45) is 4.65. The molecule has 1 fully saturated rings. The average molecular weight is 312 g/mol. The maximum absolute atomic E-state index is 11.2. The lowest BCUT2D eigenvalue weighted by Gasteiger charge is -2.35. The smallest absolute Gasteiger partial charge is 0.292 e. The second kappa shape index (κ2) is 7.19. The normalized spacial score (nSPS) is 15.6. The number of benzene rings is 1. The highest BCUT2D eigenvalue weighted by Crippen LogP contribution is 2.28. The van der Waals surface area contributed by atoms with Crippen LogP contribution < -0.4 is 4.90 Å². The maximum Gasteiger partial charge on any atom is 0.292 e. The highest BCUT2D eigenvalue weighted by Gasteiger charge is 2.22. The van der Waals surface area contributed by atoms with Crippen molar-refractivity contribution in [3.8, 4) is 0 Å². The molecule has 1 aliphatic heterocycles. The second-order valence-electron chi connectivity index (χ2n) is 5.68. The van der Waals surface area contributed by atoms with E-state index in [0.717, 1.165) is 44.8 Å². The number of nitro benzene ring substituents is 1. The van der Waals surface area contributed by atoms with E-state index in [-0.39, 0.29) is 10.6 Å². The summed E-state index contributed by atoms with van der Waals surface area (Å²) in [7, 11) is 0. The Morgan fingerprint density at radius 1 is 1.04 bits per heavy atom. The Hall–Kier alpha value is -2.47. The Balaban J connectivity index is 1.55. The van der Waals surface area contributed by atoms with Gasteiger partial charge in [-0.25, -0.2) is 0 Å². The van der Waals surface area contributed by atoms with Crippen LogP contribution in [0.3, 0.4) is 0 Å². The van der Waals surface area contributed by atoms with Gasteiger partial charge in [0.05, 0.1) is 4.92 Å². The number of anilines is 1. The predicted octanol–water partition coefficient (Wildman–Crippen LogP) is 2.35. The molecule has 0 unspecified atom stereocenters. The van der Waals surface area contributed by atoms with Gasteiger partial charge in [0.25, 0.3) is 5.69 Å². The number of nitrogens with zero attached hydrogens (tertiary/aromatic N) is 4. The van der Waals surface area contributed by atoms with E-state index in [1.165, 1.54) is 5.56 Å². The summed E-state index contributed by atoms with van der Waals surface area (Å²) < 4.78 is 0. The van der Waals surface area contributed by atoms with Gasteiger partial charge < -0.3 is 4.90 Å². The van der Waals surface area contributed by atoms with Crippen LogP contribution >= 0.6 is 0 Å². The zero-order valence-electron chi connectivity index (χ0n) is 13.0. The molecule has 0 bridgehead atoms. The standard InChI is InChI=1S/C17H20N4O2/c22-21(23)17-4-2-1-3-16(17)20-13-11-19(12-14-20)10-7-15-5-8-18-9-6-15/h1-6,8-9H,7,10-14H2. The lowest BCUT2D eigenvalue weighted by atomic mass is 10.1. The molecule has 0 radical (unpaired) electrons. The molecule has 1 saturated heterocycles. The van der Waals surface area contributed by atoms with Crippen molar-refractivity contribution in [3.63, 3.8) is 0 Å². The highest BCUT2D eigenvalue weighted by molar-refractivity contribution is 5.63. The van der Waals surface area contributed by atoms with E-state index in [1.807, 2.05) is 36.7 Å². The first-order valence-corrected chi connectivity index (χ1v) is 7.83. The molecule has 2 aromatic rings. The Kier molecular flexibility index (Phi) is 4.83. The molecule has 120 valence electrons. The average Bonchev–Trinajstić information content (AvgIpc) is 2.61. The summed E-state index contributed by atoms with van der Waals surface area (Å²) in [5.41, 5.74) is 2.21. The summed E-state index contributed by atoms with van der Waals surface area (Å²) in [4.78, 5) is 19.4. The van der Waals surface area contributed by atoms with E-state index < -0.39 is 0 Å². The van der Waals surface area contributed by atoms with Crippen molar-refractivity contribution in [1.29, 1.82) is 0 Å². The van der Waals surface area contributed by atoms with E-state index in [4.69, 9.17) is 0 Å². The van der Waals surface area contributed by atoms with E-state index in [2.05, 4.69) is 14.8 Å². The molecule has 0 aliphatic carbocycles. The third-order valence-electron chi connectivity index (χ3n) is 4.26. The summed E-state index contributed by atoms with van der Waals surface area (Å²) >= 11 is 0. The van der Waals surface area contributed by atoms with Crippen LogP contribution in [0, 0.1) is 10.1 Å². The number of aromatic nitrogens is 1. The molecular weight excluding hydrogens is 292 g/mol. The van der Waals surface area contributed by atoms with Crippen LogP contribution in [0.2, 0.25) is 0 Å². The van der Waals surface area contributed by atoms with Crippen LogP contribution in [-0.2, 0) is 6.42 Å². The van der Waals surface area contributed by atoms with Gasteiger partial charge in [0.2, 0.25) is 0 Å². The van der Waals surface area contributed by atoms with Crippen molar-refractivity contribution in [1.82, 2.24) is 9.88 Å². The number of piperazine rings is 1. The lowest BCUT2D eigenvalue weighted by Crippen LogP contribution is -2.47. The number of pyridine rings is 1. The monoisotopic (exact) mass is 312 g/mol. The lowest BCUT2D eigenvalue weighted by molar-refractivity contribution is -0.384. The molecular formula is C17H20N4O2. The quantitative estimate of drug-likeness (QED) is 0.626. The van der Waals surface area contributed by atoms with E-state index in [9.17, 15) is 10.1 Å². The van der Waals surface area contributed by atoms with Crippen LogP contribution in [0.15, 0.2) is 48.8 Å². The van der Waals surface area contributed by atoms with Crippen molar-refractivity contribution in [3.05, 3.63) is 64.5 Å². The number of para-hydroxylation sites is 2. The summed E-state index contributed by atoms with van der Waals surface area (Å²) in [6, 6.07) is 11.1. The molecule has 1 aliphatic rings. The SMILES string of the molecule is O=[N+]([O-])c1ccccc1N1CCN(CCc2ccncc2)CC1. The molecule has 23 heavy (non-hydrogen) atoms. The summed E-state index contributed by atoms with van der Waals surface area (Å²) in [5.74, 6) is 0. The predicted molar refractivity (Wildman–Crippen MR) is 89.7 cm³/mol. The Morgan fingerprint density at radius 3 is 2.43 bits per heavy atom. The molecule has 0 atom stereocenters. The van der Waals surface area contributed by atoms with E-state index in [0.29, 0.717) is 0 Å². The zero-order valence-corrected chi connectivity index (χ0v) is 13.0. The fourth-order valence-corrected chi connectivity index (χ4v) is 2.94. The van der Waals surface area contributed by atoms with Gasteiger partial charge in [-0.3, -0.25) is 20.0 Å².